The van der Waals surface area contributed by atoms with Gasteiger partial charge in [0.15, 0.2) is 0 Å². The van der Waals surface area contributed by atoms with E-state index in [1.165, 1.54) is 0 Å². The van der Waals surface area contributed by atoms with Crippen molar-refractivity contribution < 1.29 is 9.53 Å². The van der Waals surface area contributed by atoms with Gasteiger partial charge in [-0.2, -0.15) is 5.26 Å². The van der Waals surface area contributed by atoms with Gasteiger partial charge in [0.25, 0.3) is 0 Å². The maximum absolute atomic E-state index is 13.0. The first-order valence-corrected chi connectivity index (χ1v) is 9.21. The lowest BCUT2D eigenvalue weighted by Crippen LogP contribution is -2.50. The lowest BCUT2D eigenvalue weighted by Gasteiger charge is -2.39. The largest absolute Gasteiger partial charge is 0.383 e. The number of piperidine rings is 1. The van der Waals surface area contributed by atoms with Gasteiger partial charge in [0.1, 0.15) is 11.8 Å². The molecular weight excluding hydrogens is 316 g/mol. The SMILES string of the molecule is CCn1cc(CN2CC[C@]3(CCCN(CCOC)C3=O)C2)cc1C#N. The third kappa shape index (κ3) is 3.58. The Morgan fingerprint density at radius 1 is 1.36 bits per heavy atom. The molecule has 6 nitrogen and oxygen atoms in total. The standard InChI is InChI=1S/C19H28N4O2/c1-3-22-14-16(11-17(22)12-20)13-21-8-6-19(15-21)5-4-7-23(18(19)24)9-10-25-2/h11,14H,3-10,13,15H2,1-2H3/t19-/m1/s1. The molecule has 6 heteroatoms. The number of carbonyl (C=O) groups is 1. The van der Waals surface area contributed by atoms with Crippen LogP contribution < -0.4 is 0 Å². The van der Waals surface area contributed by atoms with Crippen molar-refractivity contribution in [2.24, 2.45) is 5.41 Å². The number of carbonyl (C=O) groups excluding carboxylic acids is 1. The Morgan fingerprint density at radius 2 is 2.20 bits per heavy atom. The fourth-order valence-electron chi connectivity index (χ4n) is 4.31. The summed E-state index contributed by atoms with van der Waals surface area (Å²) >= 11 is 0. The van der Waals surface area contributed by atoms with E-state index in [1.54, 1.807) is 7.11 Å². The predicted molar refractivity (Wildman–Crippen MR) is 94.8 cm³/mol. The third-order valence-corrected chi connectivity index (χ3v) is 5.64. The molecule has 2 aliphatic rings. The molecule has 0 unspecified atom stereocenters. The molecule has 3 heterocycles. The van der Waals surface area contributed by atoms with E-state index in [0.717, 1.165) is 57.5 Å². The average Bonchev–Trinajstić information content (AvgIpc) is 3.21. The summed E-state index contributed by atoms with van der Waals surface area (Å²) in [6.45, 7) is 7.60. The molecule has 136 valence electrons. The Morgan fingerprint density at radius 3 is 2.88 bits per heavy atom. The van der Waals surface area contributed by atoms with Gasteiger partial charge in [0, 0.05) is 46.0 Å². The second kappa shape index (κ2) is 7.59. The van der Waals surface area contributed by atoms with Gasteiger partial charge in [0.05, 0.1) is 12.0 Å². The number of likely N-dealkylation sites (tertiary alicyclic amines) is 2. The van der Waals surface area contributed by atoms with Crippen LogP contribution in [-0.2, 0) is 22.6 Å². The van der Waals surface area contributed by atoms with Crippen LogP contribution >= 0.6 is 0 Å². The second-order valence-corrected chi connectivity index (χ2v) is 7.26. The Labute approximate surface area is 150 Å². The van der Waals surface area contributed by atoms with Crippen LogP contribution in [0.4, 0.5) is 0 Å². The fraction of sp³-hybridized carbons (Fsp3) is 0.684. The maximum Gasteiger partial charge on any atom is 0.230 e. The summed E-state index contributed by atoms with van der Waals surface area (Å²) < 4.78 is 7.13. The number of nitriles is 1. The minimum Gasteiger partial charge on any atom is -0.383 e. The molecule has 0 bridgehead atoms. The summed E-state index contributed by atoms with van der Waals surface area (Å²) in [5, 5.41) is 9.21. The highest BCUT2D eigenvalue weighted by Crippen LogP contribution is 2.40. The van der Waals surface area contributed by atoms with E-state index in [0.29, 0.717) is 24.8 Å². The Hall–Kier alpha value is -1.84. The number of methoxy groups -OCH3 is 1. The van der Waals surface area contributed by atoms with Crippen LogP contribution in [-0.4, -0.2) is 60.2 Å². The van der Waals surface area contributed by atoms with Crippen molar-refractivity contribution in [3.63, 3.8) is 0 Å². The molecule has 1 amide bonds. The van der Waals surface area contributed by atoms with Gasteiger partial charge >= 0.3 is 0 Å². The van der Waals surface area contributed by atoms with Crippen molar-refractivity contribution in [1.29, 1.82) is 5.26 Å². The first-order valence-electron chi connectivity index (χ1n) is 9.21. The number of hydrogen-bond acceptors (Lipinski definition) is 4. The lowest BCUT2D eigenvalue weighted by atomic mass is 9.78. The molecule has 2 aliphatic heterocycles. The van der Waals surface area contributed by atoms with E-state index >= 15 is 0 Å². The topological polar surface area (TPSA) is 61.5 Å². The zero-order valence-corrected chi connectivity index (χ0v) is 15.3. The molecular formula is C19H28N4O2. The van der Waals surface area contributed by atoms with E-state index < -0.39 is 0 Å². The van der Waals surface area contributed by atoms with Gasteiger partial charge in [-0.25, -0.2) is 0 Å². The Kier molecular flexibility index (Phi) is 5.45. The quantitative estimate of drug-likeness (QED) is 0.790. The van der Waals surface area contributed by atoms with E-state index in [2.05, 4.69) is 17.2 Å². The Bertz CT molecular complexity index is 663. The minimum atomic E-state index is -0.211. The van der Waals surface area contributed by atoms with Crippen LogP contribution in [0.1, 0.15) is 37.4 Å². The number of amides is 1. The summed E-state index contributed by atoms with van der Waals surface area (Å²) in [7, 11) is 1.68. The smallest absolute Gasteiger partial charge is 0.230 e. The Balaban J connectivity index is 1.65. The zero-order chi connectivity index (χ0) is 17.9. The minimum absolute atomic E-state index is 0.211. The van der Waals surface area contributed by atoms with Gasteiger partial charge in [-0.1, -0.05) is 0 Å². The van der Waals surface area contributed by atoms with Crippen LogP contribution in [0.3, 0.4) is 0 Å². The molecule has 0 aliphatic carbocycles. The van der Waals surface area contributed by atoms with Crippen LogP contribution in [0.5, 0.6) is 0 Å². The molecule has 1 aromatic rings. The fourth-order valence-corrected chi connectivity index (χ4v) is 4.31. The zero-order valence-electron chi connectivity index (χ0n) is 15.3. The number of aryl methyl sites for hydroxylation is 1. The van der Waals surface area contributed by atoms with Crippen molar-refractivity contribution in [2.45, 2.75) is 39.3 Å². The van der Waals surface area contributed by atoms with E-state index in [-0.39, 0.29) is 5.41 Å². The third-order valence-electron chi connectivity index (χ3n) is 5.64. The second-order valence-electron chi connectivity index (χ2n) is 7.26. The predicted octanol–water partition coefficient (Wildman–Crippen LogP) is 1.84. The molecule has 1 aromatic heterocycles. The molecule has 0 radical (unpaired) electrons. The van der Waals surface area contributed by atoms with Gasteiger partial charge in [0.2, 0.25) is 5.91 Å². The van der Waals surface area contributed by atoms with Crippen molar-refractivity contribution in [2.75, 3.05) is 39.9 Å². The summed E-state index contributed by atoms with van der Waals surface area (Å²) in [5.74, 6) is 0.308. The first kappa shape index (κ1) is 18.0. The van der Waals surface area contributed by atoms with Crippen molar-refractivity contribution >= 4 is 5.91 Å². The van der Waals surface area contributed by atoms with Crippen LogP contribution in [0.2, 0.25) is 0 Å². The van der Waals surface area contributed by atoms with E-state index in [1.807, 2.05) is 22.5 Å². The first-order chi connectivity index (χ1) is 12.1. The van der Waals surface area contributed by atoms with Crippen molar-refractivity contribution in [3.8, 4) is 6.07 Å². The molecule has 1 spiro atoms. The van der Waals surface area contributed by atoms with Crippen molar-refractivity contribution in [1.82, 2.24) is 14.4 Å². The van der Waals surface area contributed by atoms with Gasteiger partial charge in [-0.3, -0.25) is 9.69 Å². The van der Waals surface area contributed by atoms with Crippen LogP contribution in [0.15, 0.2) is 12.3 Å². The molecule has 0 saturated carbocycles. The molecule has 0 aromatic carbocycles. The van der Waals surface area contributed by atoms with Gasteiger partial charge in [-0.15, -0.1) is 0 Å². The maximum atomic E-state index is 13.0. The highest BCUT2D eigenvalue weighted by atomic mass is 16.5. The number of hydrogen-bond donors (Lipinski definition) is 0. The normalized spacial score (nSPS) is 24.2. The number of nitrogens with zero attached hydrogens (tertiary/aromatic N) is 4. The number of rotatable bonds is 6. The van der Waals surface area contributed by atoms with Crippen LogP contribution in [0.25, 0.3) is 0 Å². The molecule has 1 atom stereocenters. The summed E-state index contributed by atoms with van der Waals surface area (Å²) in [6, 6.07) is 4.23. The highest BCUT2D eigenvalue weighted by molar-refractivity contribution is 5.84. The number of aromatic nitrogens is 1. The lowest BCUT2D eigenvalue weighted by molar-refractivity contribution is -0.146. The van der Waals surface area contributed by atoms with E-state index in [9.17, 15) is 10.1 Å². The van der Waals surface area contributed by atoms with Crippen LogP contribution in [0, 0.1) is 16.7 Å². The summed E-state index contributed by atoms with van der Waals surface area (Å²) in [4.78, 5) is 17.4. The molecule has 25 heavy (non-hydrogen) atoms. The van der Waals surface area contributed by atoms with Crippen molar-refractivity contribution in [3.05, 3.63) is 23.5 Å². The average molecular weight is 344 g/mol. The molecule has 2 fully saturated rings. The van der Waals surface area contributed by atoms with E-state index in [4.69, 9.17) is 4.74 Å². The summed E-state index contributed by atoms with van der Waals surface area (Å²) in [5.41, 5.74) is 1.66. The summed E-state index contributed by atoms with van der Waals surface area (Å²) in [6.07, 6.45) is 5.07. The molecule has 2 saturated heterocycles. The van der Waals surface area contributed by atoms with Gasteiger partial charge in [-0.05, 0) is 44.4 Å². The molecule has 3 rings (SSSR count). The molecule has 0 N–H and O–H groups in total. The monoisotopic (exact) mass is 344 g/mol. The van der Waals surface area contributed by atoms with Gasteiger partial charge < -0.3 is 14.2 Å². The number of ether oxygens (including phenoxy) is 1. The highest BCUT2D eigenvalue weighted by Gasteiger charge is 2.48.